The molecular formula is C15H24N2. The van der Waals surface area contributed by atoms with E-state index in [0.29, 0.717) is 18.0 Å². The van der Waals surface area contributed by atoms with Crippen molar-refractivity contribution in [2.45, 2.75) is 51.1 Å². The largest absolute Gasteiger partial charge is 0.327 e. The molecule has 2 nitrogen and oxygen atoms in total. The smallest absolute Gasteiger partial charge is 0.0171 e. The van der Waals surface area contributed by atoms with E-state index in [1.807, 2.05) is 0 Å². The molecule has 0 amide bonds. The van der Waals surface area contributed by atoms with Crippen molar-refractivity contribution in [2.75, 3.05) is 6.54 Å². The van der Waals surface area contributed by atoms with Gasteiger partial charge in [0.25, 0.3) is 0 Å². The number of nitrogens with two attached hydrogens (primary N) is 1. The third-order valence-corrected chi connectivity index (χ3v) is 3.75. The average molecular weight is 232 g/mol. The molecule has 3 atom stereocenters. The van der Waals surface area contributed by atoms with E-state index >= 15 is 0 Å². The maximum Gasteiger partial charge on any atom is 0.0171 e. The van der Waals surface area contributed by atoms with E-state index in [0.717, 1.165) is 13.0 Å². The second-order valence-corrected chi connectivity index (χ2v) is 5.32. The summed E-state index contributed by atoms with van der Waals surface area (Å²) in [5, 5.41) is 3.61. The summed E-state index contributed by atoms with van der Waals surface area (Å²) >= 11 is 0. The van der Waals surface area contributed by atoms with Gasteiger partial charge in [-0.25, -0.2) is 0 Å². The summed E-state index contributed by atoms with van der Waals surface area (Å²) in [7, 11) is 0. The van der Waals surface area contributed by atoms with E-state index in [1.165, 1.54) is 24.0 Å². The van der Waals surface area contributed by atoms with E-state index < -0.39 is 0 Å². The lowest BCUT2D eigenvalue weighted by Crippen LogP contribution is -2.49. The zero-order valence-corrected chi connectivity index (χ0v) is 10.9. The van der Waals surface area contributed by atoms with Crippen LogP contribution in [0.5, 0.6) is 0 Å². The SMILES string of the molecule is CCCC1NCC(N)CC1c1cccc(C)c1. The van der Waals surface area contributed by atoms with Crippen LogP contribution in [0.1, 0.15) is 43.2 Å². The summed E-state index contributed by atoms with van der Waals surface area (Å²) in [6.45, 7) is 5.38. The van der Waals surface area contributed by atoms with Crippen molar-refractivity contribution in [2.24, 2.45) is 5.73 Å². The van der Waals surface area contributed by atoms with Gasteiger partial charge in [-0.3, -0.25) is 0 Å². The third-order valence-electron chi connectivity index (χ3n) is 3.75. The first-order valence-electron chi connectivity index (χ1n) is 6.76. The highest BCUT2D eigenvalue weighted by Gasteiger charge is 2.28. The van der Waals surface area contributed by atoms with Gasteiger partial charge in [-0.2, -0.15) is 0 Å². The van der Waals surface area contributed by atoms with Crippen molar-refractivity contribution in [1.82, 2.24) is 5.32 Å². The zero-order chi connectivity index (χ0) is 12.3. The first kappa shape index (κ1) is 12.6. The standard InChI is InChI=1S/C15H24N2/c1-3-5-15-14(9-13(16)10-17-15)12-7-4-6-11(2)8-12/h4,6-8,13-15,17H,3,5,9-10,16H2,1-2H3. The van der Waals surface area contributed by atoms with Crippen molar-refractivity contribution in [3.05, 3.63) is 35.4 Å². The number of hydrogen-bond acceptors (Lipinski definition) is 2. The summed E-state index contributed by atoms with van der Waals surface area (Å²) in [5.74, 6) is 0.582. The van der Waals surface area contributed by atoms with Gasteiger partial charge in [0.15, 0.2) is 0 Å². The molecule has 1 aromatic rings. The molecule has 17 heavy (non-hydrogen) atoms. The van der Waals surface area contributed by atoms with Gasteiger partial charge in [0.05, 0.1) is 0 Å². The molecule has 3 unspecified atom stereocenters. The molecule has 1 aliphatic rings. The predicted molar refractivity (Wildman–Crippen MR) is 73.2 cm³/mol. The Hall–Kier alpha value is -0.860. The molecule has 0 radical (unpaired) electrons. The Labute approximate surface area is 105 Å². The molecule has 0 aliphatic carbocycles. The Bertz CT molecular complexity index is 362. The second-order valence-electron chi connectivity index (χ2n) is 5.32. The molecular weight excluding hydrogens is 208 g/mol. The fourth-order valence-electron chi connectivity index (χ4n) is 2.90. The van der Waals surface area contributed by atoms with Gasteiger partial charge >= 0.3 is 0 Å². The van der Waals surface area contributed by atoms with Crippen LogP contribution in [0, 0.1) is 6.92 Å². The van der Waals surface area contributed by atoms with Crippen LogP contribution in [-0.2, 0) is 0 Å². The quantitative estimate of drug-likeness (QED) is 0.840. The number of benzene rings is 1. The fraction of sp³-hybridized carbons (Fsp3) is 0.600. The first-order chi connectivity index (χ1) is 8.20. The molecule has 0 bridgehead atoms. The predicted octanol–water partition coefficient (Wildman–Crippen LogP) is 2.57. The van der Waals surface area contributed by atoms with E-state index in [1.54, 1.807) is 0 Å². The van der Waals surface area contributed by atoms with Gasteiger partial charge in [0.2, 0.25) is 0 Å². The Balaban J connectivity index is 2.19. The molecule has 0 aromatic heterocycles. The average Bonchev–Trinajstić information content (AvgIpc) is 2.32. The molecule has 0 saturated carbocycles. The van der Waals surface area contributed by atoms with Crippen LogP contribution >= 0.6 is 0 Å². The third kappa shape index (κ3) is 3.08. The van der Waals surface area contributed by atoms with Crippen LogP contribution in [0.3, 0.4) is 0 Å². The van der Waals surface area contributed by atoms with Crippen LogP contribution in [0.4, 0.5) is 0 Å². The molecule has 1 saturated heterocycles. The minimum absolute atomic E-state index is 0.300. The fourth-order valence-corrected chi connectivity index (χ4v) is 2.90. The molecule has 94 valence electrons. The molecule has 3 N–H and O–H groups in total. The van der Waals surface area contributed by atoms with Crippen molar-refractivity contribution >= 4 is 0 Å². The summed E-state index contributed by atoms with van der Waals surface area (Å²) in [4.78, 5) is 0. The highest BCUT2D eigenvalue weighted by atomic mass is 15.0. The van der Waals surface area contributed by atoms with Crippen molar-refractivity contribution in [1.29, 1.82) is 0 Å². The lowest BCUT2D eigenvalue weighted by Gasteiger charge is -2.36. The number of rotatable bonds is 3. The zero-order valence-electron chi connectivity index (χ0n) is 10.9. The maximum atomic E-state index is 6.10. The van der Waals surface area contributed by atoms with Crippen LogP contribution < -0.4 is 11.1 Å². The van der Waals surface area contributed by atoms with E-state index in [9.17, 15) is 0 Å². The van der Waals surface area contributed by atoms with E-state index in [4.69, 9.17) is 5.73 Å². The number of piperidine rings is 1. The van der Waals surface area contributed by atoms with Gasteiger partial charge in [-0.15, -0.1) is 0 Å². The summed E-state index contributed by atoms with van der Waals surface area (Å²) in [6, 6.07) is 9.78. The van der Waals surface area contributed by atoms with Gasteiger partial charge in [0, 0.05) is 24.5 Å². The topological polar surface area (TPSA) is 38.0 Å². The minimum atomic E-state index is 0.300. The highest BCUT2D eigenvalue weighted by Crippen LogP contribution is 2.30. The summed E-state index contributed by atoms with van der Waals surface area (Å²) < 4.78 is 0. The summed E-state index contributed by atoms with van der Waals surface area (Å²) in [5.41, 5.74) is 8.89. The Kier molecular flexibility index (Phi) is 4.19. The van der Waals surface area contributed by atoms with Crippen molar-refractivity contribution in [3.63, 3.8) is 0 Å². The van der Waals surface area contributed by atoms with Crippen LogP contribution in [0.25, 0.3) is 0 Å². The minimum Gasteiger partial charge on any atom is -0.327 e. The molecule has 1 fully saturated rings. The number of hydrogen-bond donors (Lipinski definition) is 2. The molecule has 0 spiro atoms. The van der Waals surface area contributed by atoms with Crippen LogP contribution in [-0.4, -0.2) is 18.6 Å². The van der Waals surface area contributed by atoms with E-state index in [-0.39, 0.29) is 0 Å². The first-order valence-corrected chi connectivity index (χ1v) is 6.76. The Morgan fingerprint density at radius 2 is 2.24 bits per heavy atom. The number of nitrogens with one attached hydrogen (secondary N) is 1. The van der Waals surface area contributed by atoms with Gasteiger partial charge in [-0.1, -0.05) is 43.2 Å². The second kappa shape index (κ2) is 5.65. The maximum absolute atomic E-state index is 6.10. The lowest BCUT2D eigenvalue weighted by molar-refractivity contribution is 0.305. The molecule has 2 heteroatoms. The molecule has 2 rings (SSSR count). The Morgan fingerprint density at radius 1 is 1.41 bits per heavy atom. The summed E-state index contributed by atoms with van der Waals surface area (Å²) in [6.07, 6.45) is 3.58. The molecule has 1 aromatic carbocycles. The lowest BCUT2D eigenvalue weighted by atomic mass is 9.81. The normalized spacial score (nSPS) is 29.2. The van der Waals surface area contributed by atoms with Gasteiger partial charge in [0.1, 0.15) is 0 Å². The molecule has 1 aliphatic heterocycles. The van der Waals surface area contributed by atoms with E-state index in [2.05, 4.69) is 43.4 Å². The highest BCUT2D eigenvalue weighted by molar-refractivity contribution is 5.27. The Morgan fingerprint density at radius 3 is 2.94 bits per heavy atom. The number of aryl methyl sites for hydroxylation is 1. The van der Waals surface area contributed by atoms with Crippen LogP contribution in [0.15, 0.2) is 24.3 Å². The van der Waals surface area contributed by atoms with Crippen LogP contribution in [0.2, 0.25) is 0 Å². The molecule has 1 heterocycles. The van der Waals surface area contributed by atoms with Crippen molar-refractivity contribution in [3.8, 4) is 0 Å². The van der Waals surface area contributed by atoms with Gasteiger partial charge < -0.3 is 11.1 Å². The van der Waals surface area contributed by atoms with Crippen molar-refractivity contribution < 1.29 is 0 Å². The monoisotopic (exact) mass is 232 g/mol. The van der Waals surface area contributed by atoms with Gasteiger partial charge in [-0.05, 0) is 25.3 Å².